The van der Waals surface area contributed by atoms with Crippen molar-refractivity contribution in [3.63, 3.8) is 0 Å². The van der Waals surface area contributed by atoms with Gasteiger partial charge in [-0.2, -0.15) is 11.8 Å². The fraction of sp³-hybridized carbons (Fsp3) is 0.333. The predicted octanol–water partition coefficient (Wildman–Crippen LogP) is 3.57. The maximum absolute atomic E-state index is 13.1. The molecule has 0 saturated heterocycles. The zero-order chi connectivity index (χ0) is 19.1. The topological polar surface area (TPSA) is 47.4 Å². The number of carbonyl (C=O) groups is 1. The third-order valence-electron chi connectivity index (χ3n) is 4.43. The number of rotatable bonds is 9. The second-order valence-electron chi connectivity index (χ2n) is 6.33. The van der Waals surface area contributed by atoms with Crippen molar-refractivity contribution in [3.8, 4) is 0 Å². The van der Waals surface area contributed by atoms with E-state index in [0.717, 1.165) is 28.2 Å². The molecule has 0 N–H and O–H groups in total. The zero-order valence-corrected chi connectivity index (χ0v) is 16.6. The first-order valence-corrected chi connectivity index (χ1v) is 10.4. The number of hydrogen-bond donors (Lipinski definition) is 0. The number of aromatic nitrogens is 2. The van der Waals surface area contributed by atoms with Crippen molar-refractivity contribution in [1.82, 2.24) is 14.5 Å². The lowest BCUT2D eigenvalue weighted by Gasteiger charge is -2.23. The van der Waals surface area contributed by atoms with E-state index >= 15 is 0 Å². The van der Waals surface area contributed by atoms with Crippen LogP contribution in [-0.2, 0) is 28.4 Å². The molecule has 1 heterocycles. The average Bonchev–Trinajstić information content (AvgIpc) is 3.03. The summed E-state index contributed by atoms with van der Waals surface area (Å²) in [4.78, 5) is 19.7. The minimum atomic E-state index is 0.0707. The van der Waals surface area contributed by atoms with E-state index in [1.54, 1.807) is 18.9 Å². The van der Waals surface area contributed by atoms with Gasteiger partial charge in [-0.15, -0.1) is 0 Å². The van der Waals surface area contributed by atoms with Crippen molar-refractivity contribution in [2.24, 2.45) is 0 Å². The Hall–Kier alpha value is -2.31. The zero-order valence-electron chi connectivity index (χ0n) is 15.8. The van der Waals surface area contributed by atoms with Crippen molar-refractivity contribution in [2.45, 2.75) is 18.8 Å². The molecule has 0 aliphatic carbocycles. The van der Waals surface area contributed by atoms with Crippen LogP contribution in [0, 0.1) is 0 Å². The van der Waals surface area contributed by atoms with Gasteiger partial charge in [-0.25, -0.2) is 4.98 Å². The van der Waals surface area contributed by atoms with Gasteiger partial charge in [0.05, 0.1) is 23.4 Å². The van der Waals surface area contributed by atoms with Crippen LogP contribution < -0.4 is 0 Å². The summed E-state index contributed by atoms with van der Waals surface area (Å²) in [6.45, 7) is 1.94. The summed E-state index contributed by atoms with van der Waals surface area (Å²) in [5.41, 5.74) is 3.05. The number of ether oxygens (including phenoxy) is 1. The highest BCUT2D eigenvalue weighted by Gasteiger charge is 2.18. The number of para-hydroxylation sites is 2. The molecule has 142 valence electrons. The lowest BCUT2D eigenvalue weighted by molar-refractivity contribution is -0.133. The van der Waals surface area contributed by atoms with Crippen LogP contribution in [0.15, 0.2) is 54.6 Å². The highest BCUT2D eigenvalue weighted by molar-refractivity contribution is 7.97. The molecule has 0 saturated carbocycles. The first-order valence-electron chi connectivity index (χ1n) is 8.96. The van der Waals surface area contributed by atoms with Crippen LogP contribution >= 0.6 is 11.8 Å². The Balaban J connectivity index is 1.84. The standard InChI is InChI=1S/C21H25N3O2S/c1-26-13-12-23(14-17-8-4-3-5-9-17)21(25)15-24-19-11-7-6-10-18(19)22-20(24)16-27-2/h3-11H,12-16H2,1-2H3. The number of nitrogens with zero attached hydrogens (tertiary/aromatic N) is 3. The van der Waals surface area contributed by atoms with Gasteiger partial charge in [0.1, 0.15) is 12.4 Å². The van der Waals surface area contributed by atoms with Gasteiger partial charge in [-0.3, -0.25) is 4.79 Å². The molecule has 1 aromatic heterocycles. The highest BCUT2D eigenvalue weighted by atomic mass is 32.2. The van der Waals surface area contributed by atoms with Crippen LogP contribution in [0.25, 0.3) is 11.0 Å². The lowest BCUT2D eigenvalue weighted by Crippen LogP contribution is -2.36. The molecule has 6 heteroatoms. The molecule has 3 rings (SSSR count). The molecule has 0 bridgehead atoms. The fourth-order valence-corrected chi connectivity index (χ4v) is 3.55. The SMILES string of the molecule is COCCN(Cc1ccccc1)C(=O)Cn1c(CSC)nc2ccccc21. The number of benzene rings is 2. The highest BCUT2D eigenvalue weighted by Crippen LogP contribution is 2.19. The summed E-state index contributed by atoms with van der Waals surface area (Å²) < 4.78 is 7.25. The van der Waals surface area contributed by atoms with Gasteiger partial charge in [0.25, 0.3) is 0 Å². The molecule has 5 nitrogen and oxygen atoms in total. The van der Waals surface area contributed by atoms with Gasteiger partial charge in [0.2, 0.25) is 5.91 Å². The van der Waals surface area contributed by atoms with Crippen LogP contribution in [-0.4, -0.2) is 46.9 Å². The fourth-order valence-electron chi connectivity index (χ4n) is 3.07. The molecule has 1 amide bonds. The van der Waals surface area contributed by atoms with Crippen molar-refractivity contribution in [2.75, 3.05) is 26.5 Å². The first kappa shape index (κ1) is 19.5. The van der Waals surface area contributed by atoms with Gasteiger partial charge in [0, 0.05) is 20.2 Å². The molecule has 0 fully saturated rings. The summed E-state index contributed by atoms with van der Waals surface area (Å²) in [7, 11) is 1.66. The number of methoxy groups -OCH3 is 1. The van der Waals surface area contributed by atoms with Crippen LogP contribution in [0.2, 0.25) is 0 Å². The number of fused-ring (bicyclic) bond motifs is 1. The third-order valence-corrected chi connectivity index (χ3v) is 4.98. The van der Waals surface area contributed by atoms with Crippen LogP contribution in [0.4, 0.5) is 0 Å². The summed E-state index contributed by atoms with van der Waals surface area (Å²) in [6, 6.07) is 18.0. The molecule has 27 heavy (non-hydrogen) atoms. The predicted molar refractivity (Wildman–Crippen MR) is 111 cm³/mol. The number of imidazole rings is 1. The van der Waals surface area contributed by atoms with E-state index in [0.29, 0.717) is 19.7 Å². The minimum Gasteiger partial charge on any atom is -0.383 e. The monoisotopic (exact) mass is 383 g/mol. The number of carbonyl (C=O) groups excluding carboxylic acids is 1. The molecule has 0 radical (unpaired) electrons. The quantitative estimate of drug-likeness (QED) is 0.567. The van der Waals surface area contributed by atoms with E-state index in [9.17, 15) is 4.79 Å². The van der Waals surface area contributed by atoms with E-state index in [1.165, 1.54) is 0 Å². The maximum Gasteiger partial charge on any atom is 0.242 e. The average molecular weight is 384 g/mol. The molecule has 3 aromatic rings. The summed E-state index contributed by atoms with van der Waals surface area (Å²) in [5.74, 6) is 1.78. The van der Waals surface area contributed by atoms with Crippen molar-refractivity contribution in [3.05, 3.63) is 66.0 Å². The molecule has 2 aromatic carbocycles. The van der Waals surface area contributed by atoms with E-state index in [1.807, 2.05) is 70.3 Å². The van der Waals surface area contributed by atoms with E-state index in [2.05, 4.69) is 0 Å². The molecular weight excluding hydrogens is 358 g/mol. The summed E-state index contributed by atoms with van der Waals surface area (Å²) in [6.07, 6.45) is 2.05. The second kappa shape index (κ2) is 9.58. The third kappa shape index (κ3) is 4.90. The lowest BCUT2D eigenvalue weighted by atomic mass is 10.2. The normalized spacial score (nSPS) is 11.0. The molecule has 0 aliphatic rings. The van der Waals surface area contributed by atoms with Crippen LogP contribution in [0.3, 0.4) is 0 Å². The van der Waals surface area contributed by atoms with Gasteiger partial charge < -0.3 is 14.2 Å². The minimum absolute atomic E-state index is 0.0707. The Bertz CT molecular complexity index is 880. The van der Waals surface area contributed by atoms with Crippen molar-refractivity contribution < 1.29 is 9.53 Å². The molecular formula is C21H25N3O2S. The Morgan fingerprint density at radius 2 is 1.89 bits per heavy atom. The van der Waals surface area contributed by atoms with Crippen LogP contribution in [0.5, 0.6) is 0 Å². The Kier molecular flexibility index (Phi) is 6.90. The van der Waals surface area contributed by atoms with Gasteiger partial charge in [-0.1, -0.05) is 42.5 Å². The van der Waals surface area contributed by atoms with Gasteiger partial charge in [0.15, 0.2) is 0 Å². The second-order valence-corrected chi connectivity index (χ2v) is 7.20. The summed E-state index contributed by atoms with van der Waals surface area (Å²) >= 11 is 1.71. The number of hydrogen-bond acceptors (Lipinski definition) is 4. The van der Waals surface area contributed by atoms with Crippen molar-refractivity contribution in [1.29, 1.82) is 0 Å². The van der Waals surface area contributed by atoms with E-state index in [-0.39, 0.29) is 12.5 Å². The largest absolute Gasteiger partial charge is 0.383 e. The number of thioether (sulfide) groups is 1. The molecule has 0 spiro atoms. The molecule has 0 atom stereocenters. The molecule has 0 unspecified atom stereocenters. The maximum atomic E-state index is 13.1. The van der Waals surface area contributed by atoms with E-state index in [4.69, 9.17) is 9.72 Å². The number of amides is 1. The van der Waals surface area contributed by atoms with Gasteiger partial charge in [-0.05, 0) is 24.0 Å². The molecule has 0 aliphatic heterocycles. The smallest absolute Gasteiger partial charge is 0.242 e. The Morgan fingerprint density at radius 1 is 1.15 bits per heavy atom. The Morgan fingerprint density at radius 3 is 2.63 bits per heavy atom. The first-order chi connectivity index (χ1) is 13.2. The van der Waals surface area contributed by atoms with E-state index < -0.39 is 0 Å². The van der Waals surface area contributed by atoms with Crippen LogP contribution in [0.1, 0.15) is 11.4 Å². The van der Waals surface area contributed by atoms with Gasteiger partial charge >= 0.3 is 0 Å². The summed E-state index contributed by atoms with van der Waals surface area (Å²) in [5, 5.41) is 0. The Labute approximate surface area is 164 Å². The van der Waals surface area contributed by atoms with Crippen molar-refractivity contribution >= 4 is 28.7 Å².